The fourth-order valence-corrected chi connectivity index (χ4v) is 4.76. The van der Waals surface area contributed by atoms with Crippen LogP contribution in [0.4, 0.5) is 17.1 Å². The maximum absolute atomic E-state index is 13.4. The van der Waals surface area contributed by atoms with E-state index in [1.807, 2.05) is 0 Å². The maximum atomic E-state index is 13.4. The molecule has 0 atom stereocenters. The van der Waals surface area contributed by atoms with Gasteiger partial charge in [-0.05, 0) is 48.2 Å². The normalized spacial score (nSPS) is 11.4. The third-order valence-corrected chi connectivity index (χ3v) is 7.05. The number of benzene rings is 4. The summed E-state index contributed by atoms with van der Waals surface area (Å²) in [6, 6.07) is 15.3. The fourth-order valence-electron chi connectivity index (χ4n) is 3.60. The van der Waals surface area contributed by atoms with Crippen LogP contribution in [0.1, 0.15) is 15.9 Å². The van der Waals surface area contributed by atoms with Gasteiger partial charge >= 0.3 is 29.6 Å². The van der Waals surface area contributed by atoms with Gasteiger partial charge in [0.15, 0.2) is 0 Å². The Balaban J connectivity index is 0.00000400. The summed E-state index contributed by atoms with van der Waals surface area (Å²) in [7, 11) is -3.02. The quantitative estimate of drug-likeness (QED) is 0.203. The van der Waals surface area contributed by atoms with E-state index in [9.17, 15) is 22.9 Å². The number of carbonyl (C=O) groups excluding carboxylic acids is 1. The van der Waals surface area contributed by atoms with Crippen LogP contribution in [0.25, 0.3) is 10.8 Å². The number of rotatable bonds is 6. The Morgan fingerprint density at radius 2 is 1.74 bits per heavy atom. The first-order valence-electron chi connectivity index (χ1n) is 10.6. The molecule has 4 aromatic carbocycles. The molecule has 0 spiro atoms. The van der Waals surface area contributed by atoms with E-state index in [-0.39, 0.29) is 72.7 Å². The molecule has 38 heavy (non-hydrogen) atoms. The predicted molar refractivity (Wildman–Crippen MR) is 140 cm³/mol. The number of nitrogens with one attached hydrogen (secondary N) is 1. The average Bonchev–Trinajstić information content (AvgIpc) is 2.85. The van der Waals surface area contributed by atoms with E-state index in [0.29, 0.717) is 16.5 Å². The molecular weight excluding hydrogens is 564 g/mol. The molecule has 0 radical (unpaired) electrons. The molecule has 1 amide bonds. The minimum atomic E-state index is -4.49. The van der Waals surface area contributed by atoms with Gasteiger partial charge in [-0.3, -0.25) is 9.35 Å². The molecule has 13 heteroatoms. The van der Waals surface area contributed by atoms with Gasteiger partial charge in [0.25, 0.3) is 16.0 Å². The molecule has 0 aromatic heterocycles. The summed E-state index contributed by atoms with van der Waals surface area (Å²) in [5.41, 5.74) is 0.176. The first-order chi connectivity index (χ1) is 17.5. The molecule has 0 fully saturated rings. The zero-order chi connectivity index (χ0) is 26.9. The SMILES string of the molecule is COc1ccc(Cl)c(NC(=O)c2cc3ccccc3c(N=Nc3cc(C)c(S(=O)(=O)O)cc3Cl)c2[O-])c1.[Na+]. The van der Waals surface area contributed by atoms with Crippen molar-refractivity contribution in [1.82, 2.24) is 0 Å². The van der Waals surface area contributed by atoms with E-state index in [4.69, 9.17) is 27.9 Å². The Hall–Kier alpha value is -2.70. The molecule has 0 unspecified atom stereocenters. The first-order valence-corrected chi connectivity index (χ1v) is 12.8. The Bertz CT molecular complexity index is 1700. The predicted octanol–water partition coefficient (Wildman–Crippen LogP) is 3.46. The van der Waals surface area contributed by atoms with E-state index in [1.165, 1.54) is 32.2 Å². The third-order valence-electron chi connectivity index (χ3n) is 5.42. The molecule has 0 bridgehead atoms. The summed E-state index contributed by atoms with van der Waals surface area (Å²) in [6.07, 6.45) is 0. The van der Waals surface area contributed by atoms with Gasteiger partial charge in [0.2, 0.25) is 0 Å². The van der Waals surface area contributed by atoms with Gasteiger partial charge in [0.1, 0.15) is 11.4 Å². The van der Waals surface area contributed by atoms with E-state index < -0.39 is 21.8 Å². The second kappa shape index (κ2) is 12.0. The smallest absolute Gasteiger partial charge is 0.870 e. The molecule has 0 saturated carbocycles. The Labute approximate surface area is 250 Å². The Morgan fingerprint density at radius 1 is 1.03 bits per heavy atom. The van der Waals surface area contributed by atoms with Crippen LogP contribution in [0, 0.1) is 6.92 Å². The van der Waals surface area contributed by atoms with Crippen molar-refractivity contribution >= 4 is 67.1 Å². The molecule has 0 saturated heterocycles. The van der Waals surface area contributed by atoms with Crippen molar-refractivity contribution in [2.45, 2.75) is 11.8 Å². The monoisotopic (exact) mass is 581 g/mol. The van der Waals surface area contributed by atoms with Crippen molar-refractivity contribution in [3.8, 4) is 11.5 Å². The van der Waals surface area contributed by atoms with Gasteiger partial charge in [-0.2, -0.15) is 13.5 Å². The second-order valence-electron chi connectivity index (χ2n) is 7.87. The number of halogens is 2. The average molecular weight is 582 g/mol. The van der Waals surface area contributed by atoms with Crippen LogP contribution in [-0.2, 0) is 10.1 Å². The van der Waals surface area contributed by atoms with Crippen molar-refractivity contribution in [3.05, 3.63) is 81.8 Å². The topological polar surface area (TPSA) is 140 Å². The van der Waals surface area contributed by atoms with Crippen molar-refractivity contribution in [2.75, 3.05) is 12.4 Å². The van der Waals surface area contributed by atoms with Gasteiger partial charge in [-0.15, -0.1) is 5.11 Å². The van der Waals surface area contributed by atoms with Crippen LogP contribution in [0.2, 0.25) is 10.0 Å². The molecule has 2 N–H and O–H groups in total. The number of ether oxygens (including phenoxy) is 1. The van der Waals surface area contributed by atoms with E-state index in [2.05, 4.69) is 15.5 Å². The molecule has 190 valence electrons. The number of carbonyl (C=O) groups is 1. The number of nitrogens with zero attached hydrogens (tertiary/aromatic N) is 2. The van der Waals surface area contributed by atoms with E-state index in [0.717, 1.165) is 6.07 Å². The van der Waals surface area contributed by atoms with Crippen molar-refractivity contribution in [3.63, 3.8) is 0 Å². The van der Waals surface area contributed by atoms with Crippen molar-refractivity contribution < 1.29 is 57.2 Å². The van der Waals surface area contributed by atoms with Gasteiger partial charge in [-0.1, -0.05) is 53.2 Å². The van der Waals surface area contributed by atoms with Gasteiger partial charge in [0.05, 0.1) is 33.4 Å². The number of azo groups is 1. The Morgan fingerprint density at radius 3 is 2.42 bits per heavy atom. The van der Waals surface area contributed by atoms with Crippen LogP contribution in [0.5, 0.6) is 11.5 Å². The molecule has 0 aliphatic carbocycles. The van der Waals surface area contributed by atoms with E-state index >= 15 is 0 Å². The van der Waals surface area contributed by atoms with Crippen LogP contribution < -0.4 is 44.7 Å². The number of hydrogen-bond donors (Lipinski definition) is 2. The molecule has 0 aliphatic heterocycles. The summed E-state index contributed by atoms with van der Waals surface area (Å²) < 4.78 is 37.6. The summed E-state index contributed by atoms with van der Waals surface area (Å²) in [5.74, 6) is -0.947. The number of anilines is 1. The van der Waals surface area contributed by atoms with E-state index in [1.54, 1.807) is 36.4 Å². The van der Waals surface area contributed by atoms with Crippen molar-refractivity contribution in [2.24, 2.45) is 10.2 Å². The summed E-state index contributed by atoms with van der Waals surface area (Å²) in [6.45, 7) is 1.45. The first kappa shape index (κ1) is 29.9. The standard InChI is InChI=1S/C25H19Cl2N3O6S.Na/c1-13-9-21(19(27)12-22(13)37(33,34)35)29-30-23-16-6-4-3-5-14(16)10-17(24(23)31)25(32)28-20-11-15(36-2)7-8-18(20)26;/h3-12,31H,1-2H3,(H,28,32)(H,33,34,35);/q;+1/p-1. The summed E-state index contributed by atoms with van der Waals surface area (Å²) >= 11 is 12.3. The van der Waals surface area contributed by atoms with Crippen LogP contribution in [-0.4, -0.2) is 26.0 Å². The zero-order valence-electron chi connectivity index (χ0n) is 20.3. The number of aryl methyl sites for hydroxylation is 1. The number of amides is 1. The maximum Gasteiger partial charge on any atom is 1.00 e. The molecule has 9 nitrogen and oxygen atoms in total. The zero-order valence-corrected chi connectivity index (χ0v) is 24.6. The Kier molecular flexibility index (Phi) is 9.43. The molecule has 0 heterocycles. The minimum absolute atomic E-state index is 0. The minimum Gasteiger partial charge on any atom is -0.870 e. The third kappa shape index (κ3) is 6.29. The molecule has 4 rings (SSSR count). The fraction of sp³-hybridized carbons (Fsp3) is 0.0800. The van der Waals surface area contributed by atoms with Crippen molar-refractivity contribution in [1.29, 1.82) is 0 Å². The summed E-state index contributed by atoms with van der Waals surface area (Å²) in [4.78, 5) is 12.7. The van der Waals surface area contributed by atoms with Gasteiger partial charge in [-0.25, -0.2) is 0 Å². The molecule has 4 aromatic rings. The molecular formula is C25H18Cl2N3NaO6S. The van der Waals surface area contributed by atoms with Gasteiger partial charge < -0.3 is 15.2 Å². The van der Waals surface area contributed by atoms with Gasteiger partial charge in [0, 0.05) is 17.0 Å². The van der Waals surface area contributed by atoms with Crippen LogP contribution in [0.3, 0.4) is 0 Å². The summed E-state index contributed by atoms with van der Waals surface area (Å²) in [5, 5.41) is 25.2. The van der Waals surface area contributed by atoms with Crippen LogP contribution >= 0.6 is 23.2 Å². The number of methoxy groups -OCH3 is 1. The number of fused-ring (bicyclic) bond motifs is 1. The largest absolute Gasteiger partial charge is 1.00 e. The van der Waals surface area contributed by atoms with Crippen LogP contribution in [0.15, 0.2) is 75.8 Å². The second-order valence-corrected chi connectivity index (χ2v) is 10.1. The number of hydrogen-bond acceptors (Lipinski definition) is 7. The molecule has 0 aliphatic rings.